The highest BCUT2D eigenvalue weighted by molar-refractivity contribution is 7.16. The monoisotopic (exact) mass is 440 g/mol. The van der Waals surface area contributed by atoms with Gasteiger partial charge in [-0.3, -0.25) is 4.79 Å². The average molecular weight is 440 g/mol. The number of piperidine rings is 1. The van der Waals surface area contributed by atoms with E-state index in [1.165, 1.54) is 23.7 Å². The van der Waals surface area contributed by atoms with Crippen LogP contribution >= 0.6 is 11.3 Å². The predicted molar refractivity (Wildman–Crippen MR) is 110 cm³/mol. The second-order valence-electron chi connectivity index (χ2n) is 8.11. The van der Waals surface area contributed by atoms with Gasteiger partial charge in [0, 0.05) is 23.6 Å². The Kier molecular flexibility index (Phi) is 4.24. The first-order chi connectivity index (χ1) is 15.1. The molecule has 0 spiro atoms. The Bertz CT molecular complexity index is 1300. The van der Waals surface area contributed by atoms with E-state index < -0.39 is 6.43 Å². The zero-order valence-corrected chi connectivity index (χ0v) is 17.2. The molecule has 0 saturated carbocycles. The van der Waals surface area contributed by atoms with E-state index in [-0.39, 0.29) is 35.4 Å². The van der Waals surface area contributed by atoms with Crippen LogP contribution in [0.25, 0.3) is 16.0 Å². The molecule has 0 N–H and O–H groups in total. The molecule has 6 rings (SSSR count). The molecule has 0 radical (unpaired) electrons. The molecule has 10 heteroatoms. The molecule has 2 saturated heterocycles. The molecule has 2 aliphatic rings. The number of aromatic nitrogens is 5. The number of carbonyl (C=O) groups is 1. The smallest absolute Gasteiger partial charge is 0.280 e. The van der Waals surface area contributed by atoms with E-state index >= 15 is 0 Å². The number of carbonyl (C=O) groups excluding carboxylic acids is 1. The van der Waals surface area contributed by atoms with E-state index in [0.29, 0.717) is 11.3 Å². The zero-order valence-electron chi connectivity index (χ0n) is 16.4. The van der Waals surface area contributed by atoms with Gasteiger partial charge in [0.25, 0.3) is 18.1 Å². The number of amides is 1. The Morgan fingerprint density at radius 2 is 2.00 bits per heavy atom. The molecular weight excluding hydrogens is 422 g/mol. The molecule has 2 fully saturated rings. The molecule has 2 bridgehead atoms. The van der Waals surface area contributed by atoms with Gasteiger partial charge in [0.1, 0.15) is 12.0 Å². The average Bonchev–Trinajstić information content (AvgIpc) is 3.50. The van der Waals surface area contributed by atoms with Crippen LogP contribution < -0.4 is 0 Å². The van der Waals surface area contributed by atoms with Crippen molar-refractivity contribution in [1.29, 1.82) is 0 Å². The third kappa shape index (κ3) is 2.92. The fourth-order valence-corrected chi connectivity index (χ4v) is 5.90. The lowest BCUT2D eigenvalue weighted by molar-refractivity contribution is 0.0554. The van der Waals surface area contributed by atoms with Crippen LogP contribution in [-0.2, 0) is 0 Å². The summed E-state index contributed by atoms with van der Waals surface area (Å²) in [5.41, 5.74) is 3.64. The summed E-state index contributed by atoms with van der Waals surface area (Å²) < 4.78 is 29.5. The van der Waals surface area contributed by atoms with Crippen molar-refractivity contribution < 1.29 is 13.6 Å². The van der Waals surface area contributed by atoms with Gasteiger partial charge in [0.2, 0.25) is 0 Å². The fourth-order valence-electron chi connectivity index (χ4n) is 5.18. The quantitative estimate of drug-likeness (QED) is 0.477. The zero-order chi connectivity index (χ0) is 21.1. The van der Waals surface area contributed by atoms with Crippen molar-refractivity contribution in [2.45, 2.75) is 50.1 Å². The van der Waals surface area contributed by atoms with Crippen LogP contribution in [0.5, 0.6) is 0 Å². The van der Waals surface area contributed by atoms with Crippen molar-refractivity contribution >= 4 is 33.2 Å². The van der Waals surface area contributed by atoms with Gasteiger partial charge in [0.15, 0.2) is 0 Å². The lowest BCUT2D eigenvalue weighted by Gasteiger charge is -2.40. The molecule has 1 aromatic carbocycles. The van der Waals surface area contributed by atoms with Crippen LogP contribution in [0.15, 0.2) is 36.1 Å². The SMILES string of the molecule is O=C(c1ccc2ncsc2c1)N1[C@H]2CC[C@@H]1[C@H](c1cc(C(F)F)nc3ncnn13)CC2. The maximum Gasteiger partial charge on any atom is 0.280 e. The number of fused-ring (bicyclic) bond motifs is 4. The molecule has 5 heterocycles. The van der Waals surface area contributed by atoms with Crippen LogP contribution in [-0.4, -0.2) is 47.5 Å². The van der Waals surface area contributed by atoms with Crippen LogP contribution in [0.4, 0.5) is 8.78 Å². The number of nitrogens with zero attached hydrogens (tertiary/aromatic N) is 6. The van der Waals surface area contributed by atoms with E-state index in [2.05, 4.69) is 20.1 Å². The van der Waals surface area contributed by atoms with Crippen molar-refractivity contribution in [3.05, 3.63) is 53.1 Å². The van der Waals surface area contributed by atoms with Crippen LogP contribution in [0, 0.1) is 0 Å². The first-order valence-corrected chi connectivity index (χ1v) is 11.1. The van der Waals surface area contributed by atoms with E-state index in [9.17, 15) is 13.6 Å². The van der Waals surface area contributed by atoms with Crippen LogP contribution in [0.3, 0.4) is 0 Å². The first-order valence-electron chi connectivity index (χ1n) is 10.2. The Hall–Kier alpha value is -3.01. The summed E-state index contributed by atoms with van der Waals surface area (Å²) in [6.07, 6.45) is 2.04. The molecule has 2 aliphatic heterocycles. The van der Waals surface area contributed by atoms with Gasteiger partial charge in [-0.1, -0.05) is 0 Å². The number of benzene rings is 1. The largest absolute Gasteiger partial charge is 0.332 e. The topological polar surface area (TPSA) is 76.3 Å². The number of hydrogen-bond acceptors (Lipinski definition) is 6. The van der Waals surface area contributed by atoms with Crippen LogP contribution in [0.1, 0.15) is 59.8 Å². The second kappa shape index (κ2) is 7.01. The summed E-state index contributed by atoms with van der Waals surface area (Å²) in [5.74, 6) is 0.0615. The molecule has 31 heavy (non-hydrogen) atoms. The van der Waals surface area contributed by atoms with Crippen LogP contribution in [0.2, 0.25) is 0 Å². The lowest BCUT2D eigenvalue weighted by Crippen LogP contribution is -2.47. The Morgan fingerprint density at radius 3 is 2.87 bits per heavy atom. The lowest BCUT2D eigenvalue weighted by atomic mass is 9.86. The van der Waals surface area contributed by atoms with Gasteiger partial charge >= 0.3 is 0 Å². The number of halogens is 2. The third-order valence-electron chi connectivity index (χ3n) is 6.54. The summed E-state index contributed by atoms with van der Waals surface area (Å²) >= 11 is 1.51. The summed E-state index contributed by atoms with van der Waals surface area (Å²) in [7, 11) is 0. The van der Waals surface area contributed by atoms with Gasteiger partial charge in [-0.15, -0.1) is 11.3 Å². The summed E-state index contributed by atoms with van der Waals surface area (Å²) in [4.78, 5) is 27.7. The first kappa shape index (κ1) is 18.7. The molecule has 7 nitrogen and oxygen atoms in total. The standard InChI is InChI=1S/C21H18F2N6OS/c22-19(23)15-8-17(29-21(27-15)24-9-26-29)13-4-2-12-3-6-16(13)28(12)20(30)11-1-5-14-18(7-11)31-10-25-14/h1,5,7-10,12-13,16,19H,2-4,6H2/t12-,13-,16-/m1/s1. The minimum atomic E-state index is -2.69. The Labute approximate surface area is 179 Å². The molecule has 0 aliphatic carbocycles. The van der Waals surface area contributed by atoms with Crippen molar-refractivity contribution in [3.8, 4) is 0 Å². The van der Waals surface area contributed by atoms with E-state index in [4.69, 9.17) is 0 Å². The van der Waals surface area contributed by atoms with Gasteiger partial charge in [-0.25, -0.2) is 23.3 Å². The highest BCUT2D eigenvalue weighted by Gasteiger charge is 2.46. The molecule has 1 amide bonds. The van der Waals surface area contributed by atoms with E-state index in [1.54, 1.807) is 10.0 Å². The van der Waals surface area contributed by atoms with Crippen molar-refractivity contribution in [3.63, 3.8) is 0 Å². The highest BCUT2D eigenvalue weighted by Crippen LogP contribution is 2.45. The minimum Gasteiger partial charge on any atom is -0.332 e. The number of alkyl halides is 2. The normalized spacial score (nSPS) is 23.3. The maximum absolute atomic E-state index is 13.5. The third-order valence-corrected chi connectivity index (χ3v) is 7.33. The van der Waals surface area contributed by atoms with Crippen molar-refractivity contribution in [1.82, 2.24) is 29.5 Å². The van der Waals surface area contributed by atoms with Gasteiger partial charge in [-0.2, -0.15) is 10.1 Å². The summed E-state index contributed by atoms with van der Waals surface area (Å²) in [6.45, 7) is 0. The minimum absolute atomic E-state index is 0.00882. The molecule has 3 atom stereocenters. The Balaban J connectivity index is 1.40. The predicted octanol–water partition coefficient (Wildman–Crippen LogP) is 4.22. The van der Waals surface area contributed by atoms with Gasteiger partial charge in [0.05, 0.1) is 21.4 Å². The van der Waals surface area contributed by atoms with Gasteiger partial charge < -0.3 is 4.90 Å². The van der Waals surface area contributed by atoms with Gasteiger partial charge in [-0.05, 0) is 49.9 Å². The summed E-state index contributed by atoms with van der Waals surface area (Å²) in [5, 5.41) is 4.22. The van der Waals surface area contributed by atoms with E-state index in [0.717, 1.165) is 35.9 Å². The number of thiazole rings is 1. The molecule has 0 unspecified atom stereocenters. The summed E-state index contributed by atoms with van der Waals surface area (Å²) in [6, 6.07) is 7.14. The molecule has 4 aromatic rings. The van der Waals surface area contributed by atoms with Crippen molar-refractivity contribution in [2.75, 3.05) is 0 Å². The fraction of sp³-hybridized carbons (Fsp3) is 0.381. The number of hydrogen-bond donors (Lipinski definition) is 0. The van der Waals surface area contributed by atoms with Crippen molar-refractivity contribution in [2.24, 2.45) is 0 Å². The molecule has 158 valence electrons. The molecule has 3 aromatic heterocycles. The van der Waals surface area contributed by atoms with E-state index in [1.807, 2.05) is 23.1 Å². The number of rotatable bonds is 3. The maximum atomic E-state index is 13.5. The Morgan fingerprint density at radius 1 is 1.13 bits per heavy atom. The second-order valence-corrected chi connectivity index (χ2v) is 8.99. The highest BCUT2D eigenvalue weighted by atomic mass is 32.1. The molecular formula is C21H18F2N6OS.